The molecule has 86 heavy (non-hydrogen) atoms. The van der Waals surface area contributed by atoms with Gasteiger partial charge < -0.3 is 9.80 Å². The normalized spacial score (nSPS) is 11.4. The highest BCUT2D eigenvalue weighted by Gasteiger charge is 2.17. The van der Waals surface area contributed by atoms with Crippen molar-refractivity contribution in [2.75, 3.05) is 9.80 Å². The Hall–Kier alpha value is -11.1. The zero-order chi connectivity index (χ0) is 58.0. The molecule has 13 rings (SSSR count). The first-order valence-electron chi connectivity index (χ1n) is 28.5. The van der Waals surface area contributed by atoms with E-state index in [9.17, 15) is 10.5 Å². The summed E-state index contributed by atoms with van der Waals surface area (Å²) in [6, 6.07) is 115. The molecule has 0 saturated carbocycles. The topological polar surface area (TPSA) is 54.1 Å². The lowest BCUT2D eigenvalue weighted by Gasteiger charge is -2.26. The number of benzene rings is 11. The van der Waals surface area contributed by atoms with E-state index in [0.29, 0.717) is 11.1 Å². The van der Waals surface area contributed by atoms with Gasteiger partial charge in [-0.1, -0.05) is 218 Å². The minimum atomic E-state index is 0.550. The van der Waals surface area contributed by atoms with Crippen LogP contribution in [0.1, 0.15) is 20.9 Å². The van der Waals surface area contributed by atoms with E-state index in [1.54, 1.807) is 22.7 Å². The van der Waals surface area contributed by atoms with Crippen LogP contribution in [0.5, 0.6) is 0 Å². The van der Waals surface area contributed by atoms with Crippen molar-refractivity contribution in [2.45, 2.75) is 0 Å². The van der Waals surface area contributed by atoms with Gasteiger partial charge in [0.15, 0.2) is 0 Å². The lowest BCUT2D eigenvalue weighted by Crippen LogP contribution is -2.09. The molecule has 0 aliphatic heterocycles. The molecule has 0 aliphatic carbocycles. The van der Waals surface area contributed by atoms with E-state index < -0.39 is 0 Å². The number of rotatable bonds is 16. The molecule has 0 saturated heterocycles. The summed E-state index contributed by atoms with van der Waals surface area (Å²) < 4.78 is 0. The van der Waals surface area contributed by atoms with E-state index in [-0.39, 0.29) is 0 Å². The van der Waals surface area contributed by atoms with Crippen LogP contribution >= 0.6 is 22.7 Å². The van der Waals surface area contributed by atoms with Crippen LogP contribution < -0.4 is 9.80 Å². The van der Waals surface area contributed by atoms with Crippen molar-refractivity contribution in [3.8, 4) is 77.5 Å². The fourth-order valence-corrected chi connectivity index (χ4v) is 12.7. The molecule has 0 bridgehead atoms. The second-order valence-electron chi connectivity index (χ2n) is 20.7. The van der Waals surface area contributed by atoms with Gasteiger partial charge in [-0.2, -0.15) is 10.5 Å². The number of hydrogen-bond donors (Lipinski definition) is 0. The number of hydrogen-bond acceptors (Lipinski definition) is 6. The van der Waals surface area contributed by atoms with Gasteiger partial charge in [-0.25, -0.2) is 0 Å². The summed E-state index contributed by atoms with van der Waals surface area (Å²) in [5.74, 6) is 0. The maximum Gasteiger partial charge on any atom is 0.0998 e. The second kappa shape index (κ2) is 25.2. The summed E-state index contributed by atoms with van der Waals surface area (Å²) >= 11 is 3.30. The molecule has 0 amide bonds. The Labute approximate surface area is 511 Å². The van der Waals surface area contributed by atoms with Gasteiger partial charge in [0.1, 0.15) is 0 Å². The smallest absolute Gasteiger partial charge is 0.0998 e. The van der Waals surface area contributed by atoms with Crippen LogP contribution in [0.25, 0.3) is 88.7 Å². The molecule has 4 nitrogen and oxygen atoms in total. The summed E-state index contributed by atoms with van der Waals surface area (Å²) in [7, 11) is 0. The third-order valence-corrected chi connectivity index (χ3v) is 17.5. The van der Waals surface area contributed by atoms with Crippen molar-refractivity contribution in [1.82, 2.24) is 0 Å². The Balaban J connectivity index is 0.700. The van der Waals surface area contributed by atoms with Crippen molar-refractivity contribution >= 4 is 80.1 Å². The van der Waals surface area contributed by atoms with Gasteiger partial charge in [0.2, 0.25) is 0 Å². The molecule has 0 aliphatic rings. The predicted octanol–water partition coefficient (Wildman–Crippen LogP) is 22.9. The largest absolute Gasteiger partial charge is 0.311 e. The summed E-state index contributed by atoms with van der Waals surface area (Å²) in [5.41, 5.74) is 20.6. The third kappa shape index (κ3) is 12.0. The highest BCUT2D eigenvalue weighted by molar-refractivity contribution is 7.16. The molecular weight excluding hydrogens is 1080 g/mol. The first kappa shape index (κ1) is 54.1. The van der Waals surface area contributed by atoms with Gasteiger partial charge in [0.05, 0.1) is 23.3 Å². The summed E-state index contributed by atoms with van der Waals surface area (Å²) in [4.78, 5) is 8.75. The van der Waals surface area contributed by atoms with E-state index >= 15 is 0 Å². The van der Waals surface area contributed by atoms with E-state index in [1.807, 2.05) is 60.7 Å². The maximum atomic E-state index is 10.5. The number of thiophene rings is 2. The number of anilines is 6. The van der Waals surface area contributed by atoms with Crippen molar-refractivity contribution in [3.63, 3.8) is 0 Å². The monoisotopic (exact) mass is 1130 g/mol. The third-order valence-electron chi connectivity index (χ3n) is 15.3. The van der Waals surface area contributed by atoms with Crippen LogP contribution in [0.15, 0.2) is 315 Å². The standard InChI is InChI=1S/C80H54N4S2/c81-55-69(53-77-49-51-79(85-77)67-33-45-75(46-34-67)83(71-37-25-61(26-38-71)57-13-5-1-6-14-57)72-39-27-62(28-40-72)58-15-7-2-8-16-58)65-21-23-66(24-22-65)70(56-82)54-78-50-52-80(86-78)68-35-47-76(48-36-68)84(73-41-29-63(30-42-73)59-17-9-3-10-18-59)74-43-31-64(32-44-74)60-19-11-4-12-20-60/h1-54H/b69-53+,70-54+. The quantitative estimate of drug-likeness (QED) is 0.0905. The minimum Gasteiger partial charge on any atom is -0.311 e. The molecule has 0 spiro atoms. The Morgan fingerprint density at radius 2 is 0.465 bits per heavy atom. The zero-order valence-corrected chi connectivity index (χ0v) is 48.4. The highest BCUT2D eigenvalue weighted by atomic mass is 32.1. The maximum absolute atomic E-state index is 10.5. The molecule has 406 valence electrons. The summed E-state index contributed by atoms with van der Waals surface area (Å²) in [5, 5.41) is 20.9. The van der Waals surface area contributed by atoms with E-state index in [1.165, 1.54) is 44.5 Å². The average Bonchev–Trinajstić information content (AvgIpc) is 3.94. The predicted molar refractivity (Wildman–Crippen MR) is 364 cm³/mol. The molecule has 11 aromatic carbocycles. The van der Waals surface area contributed by atoms with Crippen molar-refractivity contribution < 1.29 is 0 Å². The molecule has 2 aromatic heterocycles. The summed E-state index contributed by atoms with van der Waals surface area (Å²) in [6.45, 7) is 0. The van der Waals surface area contributed by atoms with Gasteiger partial charge in [0.25, 0.3) is 0 Å². The van der Waals surface area contributed by atoms with Gasteiger partial charge in [-0.3, -0.25) is 0 Å². The molecule has 0 atom stereocenters. The number of nitrogens with zero attached hydrogens (tertiary/aromatic N) is 4. The Bertz CT molecular complexity index is 4090. The highest BCUT2D eigenvalue weighted by Crippen LogP contribution is 2.42. The zero-order valence-electron chi connectivity index (χ0n) is 46.8. The molecule has 6 heteroatoms. The second-order valence-corrected chi connectivity index (χ2v) is 23.0. The van der Waals surface area contributed by atoms with E-state index in [0.717, 1.165) is 75.9 Å². The fraction of sp³-hybridized carbons (Fsp3) is 0. The van der Waals surface area contributed by atoms with Crippen LogP contribution in [0.3, 0.4) is 0 Å². The first-order chi connectivity index (χ1) is 42.5. The molecule has 0 fully saturated rings. The summed E-state index contributed by atoms with van der Waals surface area (Å²) in [6.07, 6.45) is 3.89. The van der Waals surface area contributed by atoms with Gasteiger partial charge in [0, 0.05) is 53.6 Å². The van der Waals surface area contributed by atoms with Crippen molar-refractivity contribution in [2.24, 2.45) is 0 Å². The van der Waals surface area contributed by atoms with Crippen molar-refractivity contribution in [3.05, 3.63) is 336 Å². The van der Waals surface area contributed by atoms with Gasteiger partial charge in [-0.05, 0) is 176 Å². The number of nitriles is 2. The van der Waals surface area contributed by atoms with Gasteiger partial charge >= 0.3 is 0 Å². The average molecular weight is 1140 g/mol. The molecule has 0 radical (unpaired) electrons. The Morgan fingerprint density at radius 1 is 0.244 bits per heavy atom. The van der Waals surface area contributed by atoms with Crippen molar-refractivity contribution in [1.29, 1.82) is 10.5 Å². The molecule has 2 heterocycles. The SMILES string of the molecule is N#C/C(=C\c1ccc(-c2ccc(N(c3ccc(-c4ccccc4)cc3)c3ccc(-c4ccccc4)cc3)cc2)s1)c1ccc(/C(C#N)=C/c2ccc(-c3ccc(N(c4ccc(-c5ccccc5)cc4)c4ccc(-c5ccccc5)cc4)cc3)s2)cc1. The molecule has 0 N–H and O–H groups in total. The molecule has 0 unspecified atom stereocenters. The number of allylic oxidation sites excluding steroid dienone is 2. The lowest BCUT2D eigenvalue weighted by atomic mass is 10.0. The minimum absolute atomic E-state index is 0.550. The van der Waals surface area contributed by atoms with Crippen LogP contribution in [0.2, 0.25) is 0 Å². The molecule has 13 aromatic rings. The lowest BCUT2D eigenvalue weighted by molar-refractivity contribution is 1.28. The van der Waals surface area contributed by atoms with Crippen LogP contribution in [-0.2, 0) is 0 Å². The first-order valence-corrected chi connectivity index (χ1v) is 30.1. The van der Waals surface area contributed by atoms with E-state index in [2.05, 4.69) is 289 Å². The van der Waals surface area contributed by atoms with Crippen LogP contribution in [0.4, 0.5) is 34.1 Å². The van der Waals surface area contributed by atoms with E-state index in [4.69, 9.17) is 0 Å². The van der Waals surface area contributed by atoms with Gasteiger partial charge in [-0.15, -0.1) is 22.7 Å². The Morgan fingerprint density at radius 3 is 0.698 bits per heavy atom. The van der Waals surface area contributed by atoms with Crippen LogP contribution in [0, 0.1) is 22.7 Å². The van der Waals surface area contributed by atoms with Crippen LogP contribution in [-0.4, -0.2) is 0 Å². The Kier molecular flexibility index (Phi) is 15.8. The molecular formula is C80H54N4S2. The fourth-order valence-electron chi connectivity index (χ4n) is 10.8.